The van der Waals surface area contributed by atoms with Crippen molar-refractivity contribution < 1.29 is 13.2 Å². The highest BCUT2D eigenvalue weighted by atomic mass is 35.5. The van der Waals surface area contributed by atoms with Crippen molar-refractivity contribution in [3.8, 4) is 0 Å². The molecule has 2 aromatic rings. The SMILES string of the molecule is CC(NC(=O)c1ccc(Cl)c(S(C)(=O)=O)c1)c1cn[nH]c1. The van der Waals surface area contributed by atoms with E-state index in [0.29, 0.717) is 0 Å². The molecular weight excluding hydrogens is 314 g/mol. The second-order valence-corrected chi connectivity index (χ2v) is 7.04. The Bertz CT molecular complexity index is 757. The van der Waals surface area contributed by atoms with Crippen LogP contribution in [0.5, 0.6) is 0 Å². The zero-order valence-electron chi connectivity index (χ0n) is 11.4. The number of nitrogens with zero attached hydrogens (tertiary/aromatic N) is 1. The van der Waals surface area contributed by atoms with Crippen LogP contribution in [0.25, 0.3) is 0 Å². The average molecular weight is 328 g/mol. The summed E-state index contributed by atoms with van der Waals surface area (Å²) in [6.45, 7) is 1.80. The molecule has 8 heteroatoms. The van der Waals surface area contributed by atoms with E-state index in [1.165, 1.54) is 18.2 Å². The van der Waals surface area contributed by atoms with Gasteiger partial charge in [-0.2, -0.15) is 5.10 Å². The molecule has 0 aliphatic carbocycles. The van der Waals surface area contributed by atoms with E-state index in [4.69, 9.17) is 11.6 Å². The van der Waals surface area contributed by atoms with Crippen LogP contribution in [-0.4, -0.2) is 30.8 Å². The van der Waals surface area contributed by atoms with Gasteiger partial charge in [0.25, 0.3) is 5.91 Å². The Morgan fingerprint density at radius 1 is 1.43 bits per heavy atom. The minimum absolute atomic E-state index is 0.0622. The number of nitrogens with one attached hydrogen (secondary N) is 2. The van der Waals surface area contributed by atoms with E-state index in [-0.39, 0.29) is 27.4 Å². The summed E-state index contributed by atoms with van der Waals surface area (Å²) in [6, 6.07) is 3.90. The fourth-order valence-electron chi connectivity index (χ4n) is 1.79. The molecule has 0 aliphatic heterocycles. The Kier molecular flexibility index (Phi) is 4.34. The zero-order valence-corrected chi connectivity index (χ0v) is 13.0. The molecule has 0 spiro atoms. The minimum atomic E-state index is -3.49. The molecule has 1 aromatic carbocycles. The molecule has 6 nitrogen and oxygen atoms in total. The third-order valence-corrected chi connectivity index (χ3v) is 4.54. The first-order valence-electron chi connectivity index (χ1n) is 6.08. The summed E-state index contributed by atoms with van der Waals surface area (Å²) < 4.78 is 23.2. The van der Waals surface area contributed by atoms with E-state index >= 15 is 0 Å². The number of hydrogen-bond acceptors (Lipinski definition) is 4. The van der Waals surface area contributed by atoms with Gasteiger partial charge in [0.2, 0.25) is 0 Å². The normalized spacial score (nSPS) is 12.9. The van der Waals surface area contributed by atoms with Crippen LogP contribution in [0, 0.1) is 0 Å². The number of benzene rings is 1. The molecule has 1 atom stereocenters. The number of carbonyl (C=O) groups is 1. The first-order valence-corrected chi connectivity index (χ1v) is 8.35. The highest BCUT2D eigenvalue weighted by Gasteiger charge is 2.17. The topological polar surface area (TPSA) is 91.9 Å². The maximum absolute atomic E-state index is 12.2. The fraction of sp³-hybridized carbons (Fsp3) is 0.231. The third kappa shape index (κ3) is 3.62. The maximum Gasteiger partial charge on any atom is 0.251 e. The number of aromatic amines is 1. The molecule has 0 radical (unpaired) electrons. The number of rotatable bonds is 4. The second kappa shape index (κ2) is 5.87. The Balaban J connectivity index is 2.24. The lowest BCUT2D eigenvalue weighted by Gasteiger charge is -2.13. The van der Waals surface area contributed by atoms with Crippen molar-refractivity contribution in [1.29, 1.82) is 0 Å². The van der Waals surface area contributed by atoms with Crippen LogP contribution in [-0.2, 0) is 9.84 Å². The van der Waals surface area contributed by atoms with Crippen molar-refractivity contribution in [3.63, 3.8) is 0 Å². The van der Waals surface area contributed by atoms with E-state index in [2.05, 4.69) is 15.5 Å². The molecule has 1 unspecified atom stereocenters. The van der Waals surface area contributed by atoms with Crippen LogP contribution in [0.1, 0.15) is 28.9 Å². The summed E-state index contributed by atoms with van der Waals surface area (Å²) in [4.78, 5) is 12.1. The van der Waals surface area contributed by atoms with Crippen molar-refractivity contribution in [2.75, 3.05) is 6.26 Å². The Morgan fingerprint density at radius 2 is 2.14 bits per heavy atom. The van der Waals surface area contributed by atoms with Gasteiger partial charge in [-0.15, -0.1) is 0 Å². The largest absolute Gasteiger partial charge is 0.345 e. The summed E-state index contributed by atoms with van der Waals surface area (Å²) in [5.41, 5.74) is 1.05. The highest BCUT2D eigenvalue weighted by Crippen LogP contribution is 2.23. The van der Waals surface area contributed by atoms with Crippen LogP contribution < -0.4 is 5.32 Å². The van der Waals surface area contributed by atoms with Gasteiger partial charge in [0.05, 0.1) is 22.2 Å². The van der Waals surface area contributed by atoms with Gasteiger partial charge in [0.1, 0.15) is 0 Å². The van der Waals surface area contributed by atoms with Crippen molar-refractivity contribution >= 4 is 27.3 Å². The van der Waals surface area contributed by atoms with Crippen LogP contribution >= 0.6 is 11.6 Å². The van der Waals surface area contributed by atoms with Crippen molar-refractivity contribution in [3.05, 3.63) is 46.7 Å². The molecule has 0 aliphatic rings. The van der Waals surface area contributed by atoms with E-state index in [9.17, 15) is 13.2 Å². The molecule has 2 rings (SSSR count). The van der Waals surface area contributed by atoms with E-state index < -0.39 is 9.84 Å². The van der Waals surface area contributed by atoms with Gasteiger partial charge < -0.3 is 5.32 Å². The van der Waals surface area contributed by atoms with E-state index in [0.717, 1.165) is 11.8 Å². The summed E-state index contributed by atoms with van der Waals surface area (Å²) in [6.07, 6.45) is 4.33. The molecule has 1 amide bonds. The number of sulfone groups is 1. The first-order chi connectivity index (χ1) is 9.79. The summed E-state index contributed by atoms with van der Waals surface area (Å²) in [5.74, 6) is -0.384. The summed E-state index contributed by atoms with van der Waals surface area (Å²) in [5, 5.41) is 9.32. The number of hydrogen-bond donors (Lipinski definition) is 2. The predicted octanol–water partition coefficient (Wildman–Crippen LogP) is 1.96. The molecule has 112 valence electrons. The maximum atomic E-state index is 12.2. The summed E-state index contributed by atoms with van der Waals surface area (Å²) >= 11 is 5.85. The number of H-pyrrole nitrogens is 1. The number of halogens is 1. The molecule has 0 saturated heterocycles. The fourth-order valence-corrected chi connectivity index (χ4v) is 3.09. The lowest BCUT2D eigenvalue weighted by molar-refractivity contribution is 0.0939. The van der Waals surface area contributed by atoms with E-state index in [1.54, 1.807) is 19.3 Å². The van der Waals surface area contributed by atoms with Gasteiger partial charge in [0.15, 0.2) is 9.84 Å². The second-order valence-electron chi connectivity index (χ2n) is 4.64. The molecule has 0 fully saturated rings. The van der Waals surface area contributed by atoms with Gasteiger partial charge in [0, 0.05) is 23.6 Å². The monoisotopic (exact) mass is 327 g/mol. The average Bonchev–Trinajstić information content (AvgIpc) is 2.91. The van der Waals surface area contributed by atoms with Gasteiger partial charge in [-0.3, -0.25) is 9.89 Å². The number of amides is 1. The van der Waals surface area contributed by atoms with Gasteiger partial charge in [-0.1, -0.05) is 11.6 Å². The molecule has 0 bridgehead atoms. The standard InChI is InChI=1S/C13H14ClN3O3S/c1-8(10-6-15-16-7-10)17-13(18)9-3-4-11(14)12(5-9)21(2,19)20/h3-8H,1-2H3,(H,15,16)(H,17,18). The predicted molar refractivity (Wildman–Crippen MR) is 79.0 cm³/mol. The summed E-state index contributed by atoms with van der Waals surface area (Å²) in [7, 11) is -3.49. The van der Waals surface area contributed by atoms with Crippen molar-refractivity contribution in [2.24, 2.45) is 0 Å². The molecule has 2 N–H and O–H groups in total. The lowest BCUT2D eigenvalue weighted by Crippen LogP contribution is -2.26. The molecule has 1 heterocycles. The van der Waals surface area contributed by atoms with Gasteiger partial charge >= 0.3 is 0 Å². The molecule has 0 saturated carbocycles. The van der Waals surface area contributed by atoms with Gasteiger partial charge in [-0.05, 0) is 25.1 Å². The Labute approximate surface area is 127 Å². The van der Waals surface area contributed by atoms with E-state index in [1.807, 2.05) is 0 Å². The molecule has 1 aromatic heterocycles. The van der Waals surface area contributed by atoms with Crippen LogP contribution in [0.2, 0.25) is 5.02 Å². The van der Waals surface area contributed by atoms with Crippen LogP contribution in [0.3, 0.4) is 0 Å². The van der Waals surface area contributed by atoms with Crippen molar-refractivity contribution in [2.45, 2.75) is 17.9 Å². The third-order valence-electron chi connectivity index (χ3n) is 2.96. The smallest absolute Gasteiger partial charge is 0.251 e. The lowest BCUT2D eigenvalue weighted by atomic mass is 10.1. The first kappa shape index (κ1) is 15.5. The number of aromatic nitrogens is 2. The Morgan fingerprint density at radius 3 is 2.71 bits per heavy atom. The van der Waals surface area contributed by atoms with Crippen molar-refractivity contribution in [1.82, 2.24) is 15.5 Å². The highest BCUT2D eigenvalue weighted by molar-refractivity contribution is 7.90. The Hall–Kier alpha value is -1.86. The van der Waals surface area contributed by atoms with Crippen LogP contribution in [0.4, 0.5) is 0 Å². The number of carbonyl (C=O) groups excluding carboxylic acids is 1. The zero-order chi connectivity index (χ0) is 15.6. The quantitative estimate of drug-likeness (QED) is 0.897. The molecular formula is C13H14ClN3O3S. The van der Waals surface area contributed by atoms with Gasteiger partial charge in [-0.25, -0.2) is 8.42 Å². The van der Waals surface area contributed by atoms with Crippen LogP contribution in [0.15, 0.2) is 35.5 Å². The minimum Gasteiger partial charge on any atom is -0.345 e. The molecule has 21 heavy (non-hydrogen) atoms.